The van der Waals surface area contributed by atoms with E-state index in [-0.39, 0.29) is 0 Å². The molecule has 0 bridgehead atoms. The van der Waals surface area contributed by atoms with Crippen molar-refractivity contribution in [1.29, 1.82) is 0 Å². The molecule has 0 unspecified atom stereocenters. The lowest BCUT2D eigenvalue weighted by Gasteiger charge is -1.93. The van der Waals surface area contributed by atoms with E-state index >= 15 is 0 Å². The van der Waals surface area contributed by atoms with Crippen LogP contribution in [0.25, 0.3) is 11.5 Å². The van der Waals surface area contributed by atoms with Crippen molar-refractivity contribution in [2.75, 3.05) is 0 Å². The molecular weight excluding hydrogens is 186 g/mol. The zero-order chi connectivity index (χ0) is 9.10. The molecule has 0 saturated carbocycles. The topological polar surface area (TPSA) is 55.7 Å². The van der Waals surface area contributed by atoms with Gasteiger partial charge in [-0.3, -0.25) is 4.79 Å². The standard InChI is InChI=1S/C8H5N3OS/c12-3-6-1-9-8(10-2-6)7-4-13-5-11-7/h1-5H. The van der Waals surface area contributed by atoms with Crippen LogP contribution in [0.1, 0.15) is 10.4 Å². The van der Waals surface area contributed by atoms with Gasteiger partial charge in [0.15, 0.2) is 12.1 Å². The minimum absolute atomic E-state index is 0.471. The Labute approximate surface area is 78.3 Å². The van der Waals surface area contributed by atoms with Gasteiger partial charge in [0.1, 0.15) is 5.69 Å². The first-order valence-electron chi connectivity index (χ1n) is 3.56. The smallest absolute Gasteiger partial charge is 0.178 e. The Balaban J connectivity index is 2.38. The van der Waals surface area contributed by atoms with E-state index in [1.54, 1.807) is 5.51 Å². The molecule has 0 aliphatic heterocycles. The minimum atomic E-state index is 0.471. The number of aldehydes is 1. The second-order valence-corrected chi connectivity index (χ2v) is 3.05. The van der Waals surface area contributed by atoms with Crippen LogP contribution in [-0.4, -0.2) is 21.2 Å². The van der Waals surface area contributed by atoms with E-state index < -0.39 is 0 Å². The minimum Gasteiger partial charge on any atom is -0.298 e. The normalized spacial score (nSPS) is 9.85. The summed E-state index contributed by atoms with van der Waals surface area (Å²) in [5.74, 6) is 0.548. The Bertz CT molecular complexity index is 396. The van der Waals surface area contributed by atoms with E-state index in [2.05, 4.69) is 15.0 Å². The molecule has 0 aliphatic carbocycles. The van der Waals surface area contributed by atoms with Crippen LogP contribution in [-0.2, 0) is 0 Å². The number of carbonyl (C=O) groups excluding carboxylic acids is 1. The Hall–Kier alpha value is -1.62. The van der Waals surface area contributed by atoms with Crippen molar-refractivity contribution >= 4 is 17.6 Å². The summed E-state index contributed by atoms with van der Waals surface area (Å²) in [4.78, 5) is 22.3. The molecule has 0 saturated heterocycles. The zero-order valence-electron chi connectivity index (χ0n) is 6.54. The van der Waals surface area contributed by atoms with Gasteiger partial charge in [0.05, 0.1) is 11.1 Å². The molecule has 0 spiro atoms. The number of carbonyl (C=O) groups is 1. The van der Waals surface area contributed by atoms with Gasteiger partial charge < -0.3 is 0 Å². The molecule has 2 aromatic heterocycles. The second kappa shape index (κ2) is 3.40. The maximum absolute atomic E-state index is 10.3. The van der Waals surface area contributed by atoms with Gasteiger partial charge in [-0.1, -0.05) is 0 Å². The van der Waals surface area contributed by atoms with Crippen LogP contribution in [0, 0.1) is 0 Å². The average Bonchev–Trinajstić information content (AvgIpc) is 2.71. The van der Waals surface area contributed by atoms with Crippen molar-refractivity contribution in [2.45, 2.75) is 0 Å². The van der Waals surface area contributed by atoms with Crippen LogP contribution in [0.15, 0.2) is 23.3 Å². The molecule has 2 aromatic rings. The Morgan fingerprint density at radius 2 is 2.00 bits per heavy atom. The van der Waals surface area contributed by atoms with Crippen molar-refractivity contribution < 1.29 is 4.79 Å². The molecular formula is C8H5N3OS. The largest absolute Gasteiger partial charge is 0.298 e. The molecule has 0 N–H and O–H groups in total. The summed E-state index contributed by atoms with van der Waals surface area (Å²) in [7, 11) is 0. The van der Waals surface area contributed by atoms with Gasteiger partial charge in [-0.25, -0.2) is 15.0 Å². The predicted octanol–water partition coefficient (Wildman–Crippen LogP) is 1.41. The van der Waals surface area contributed by atoms with E-state index in [4.69, 9.17) is 0 Å². The van der Waals surface area contributed by atoms with Crippen molar-refractivity contribution in [2.24, 2.45) is 0 Å². The van der Waals surface area contributed by atoms with Gasteiger partial charge >= 0.3 is 0 Å². The SMILES string of the molecule is O=Cc1cnc(-c2cscn2)nc1. The highest BCUT2D eigenvalue weighted by molar-refractivity contribution is 7.07. The highest BCUT2D eigenvalue weighted by Crippen LogP contribution is 2.12. The molecule has 2 rings (SSSR count). The maximum Gasteiger partial charge on any atom is 0.178 e. The highest BCUT2D eigenvalue weighted by Gasteiger charge is 2.01. The molecule has 4 nitrogen and oxygen atoms in total. The number of hydrogen-bond donors (Lipinski definition) is 0. The number of thiazole rings is 1. The van der Waals surface area contributed by atoms with E-state index in [9.17, 15) is 4.79 Å². The number of rotatable bonds is 2. The summed E-state index contributed by atoms with van der Waals surface area (Å²) >= 11 is 1.48. The Morgan fingerprint density at radius 1 is 1.23 bits per heavy atom. The first-order chi connectivity index (χ1) is 6.40. The first-order valence-corrected chi connectivity index (χ1v) is 4.50. The van der Waals surface area contributed by atoms with Gasteiger partial charge in [-0.05, 0) is 0 Å². The fourth-order valence-electron chi connectivity index (χ4n) is 0.854. The molecule has 5 heteroatoms. The van der Waals surface area contributed by atoms with Crippen molar-refractivity contribution in [1.82, 2.24) is 15.0 Å². The van der Waals surface area contributed by atoms with Crippen LogP contribution >= 0.6 is 11.3 Å². The van der Waals surface area contributed by atoms with Crippen molar-refractivity contribution in [3.63, 3.8) is 0 Å². The quantitative estimate of drug-likeness (QED) is 0.673. The van der Waals surface area contributed by atoms with E-state index in [1.165, 1.54) is 23.7 Å². The predicted molar refractivity (Wildman–Crippen MR) is 48.5 cm³/mol. The fourth-order valence-corrected chi connectivity index (χ4v) is 1.38. The summed E-state index contributed by atoms with van der Waals surface area (Å²) in [6.45, 7) is 0. The van der Waals surface area contributed by atoms with E-state index in [1.807, 2.05) is 5.38 Å². The lowest BCUT2D eigenvalue weighted by molar-refractivity contribution is 0.112. The molecule has 13 heavy (non-hydrogen) atoms. The number of hydrogen-bond acceptors (Lipinski definition) is 5. The molecule has 64 valence electrons. The van der Waals surface area contributed by atoms with Gasteiger partial charge in [0.25, 0.3) is 0 Å². The van der Waals surface area contributed by atoms with Crippen LogP contribution in [0.3, 0.4) is 0 Å². The second-order valence-electron chi connectivity index (χ2n) is 2.33. The van der Waals surface area contributed by atoms with Gasteiger partial charge in [0, 0.05) is 17.8 Å². The van der Waals surface area contributed by atoms with Crippen LogP contribution < -0.4 is 0 Å². The van der Waals surface area contributed by atoms with Crippen molar-refractivity contribution in [3.05, 3.63) is 28.8 Å². The Kier molecular flexibility index (Phi) is 2.09. The zero-order valence-corrected chi connectivity index (χ0v) is 7.36. The van der Waals surface area contributed by atoms with Crippen LogP contribution in [0.5, 0.6) is 0 Å². The molecule has 0 aromatic carbocycles. The molecule has 2 heterocycles. The summed E-state index contributed by atoms with van der Waals surface area (Å²) in [5.41, 5.74) is 2.92. The monoisotopic (exact) mass is 191 g/mol. The van der Waals surface area contributed by atoms with Gasteiger partial charge in [0.2, 0.25) is 0 Å². The molecule has 0 amide bonds. The van der Waals surface area contributed by atoms with Crippen LogP contribution in [0.2, 0.25) is 0 Å². The third kappa shape index (κ3) is 1.59. The average molecular weight is 191 g/mol. The number of aromatic nitrogens is 3. The van der Waals surface area contributed by atoms with Crippen LogP contribution in [0.4, 0.5) is 0 Å². The third-order valence-corrected chi connectivity index (χ3v) is 2.06. The molecule has 0 aliphatic rings. The summed E-state index contributed by atoms with van der Waals surface area (Å²) in [6, 6.07) is 0. The lowest BCUT2D eigenvalue weighted by Crippen LogP contribution is -1.90. The van der Waals surface area contributed by atoms with Gasteiger partial charge in [-0.15, -0.1) is 11.3 Å². The summed E-state index contributed by atoms with van der Waals surface area (Å²) in [6.07, 6.45) is 3.67. The Morgan fingerprint density at radius 3 is 2.54 bits per heavy atom. The molecule has 0 fully saturated rings. The van der Waals surface area contributed by atoms with Gasteiger partial charge in [-0.2, -0.15) is 0 Å². The first kappa shape index (κ1) is 8.00. The molecule has 0 radical (unpaired) electrons. The van der Waals surface area contributed by atoms with Crippen molar-refractivity contribution in [3.8, 4) is 11.5 Å². The fraction of sp³-hybridized carbons (Fsp3) is 0. The maximum atomic E-state index is 10.3. The summed E-state index contributed by atoms with van der Waals surface area (Å²) < 4.78 is 0. The number of nitrogens with zero attached hydrogens (tertiary/aromatic N) is 3. The van der Waals surface area contributed by atoms with E-state index in [0.29, 0.717) is 17.7 Å². The lowest BCUT2D eigenvalue weighted by atomic mass is 10.3. The van der Waals surface area contributed by atoms with E-state index in [0.717, 1.165) is 5.69 Å². The summed E-state index contributed by atoms with van der Waals surface area (Å²) in [5, 5.41) is 1.86. The third-order valence-electron chi connectivity index (χ3n) is 1.47. The highest BCUT2D eigenvalue weighted by atomic mass is 32.1. The molecule has 0 atom stereocenters.